The molecule has 164 valence electrons. The van der Waals surface area contributed by atoms with Gasteiger partial charge in [-0.25, -0.2) is 13.9 Å². The summed E-state index contributed by atoms with van der Waals surface area (Å²) in [7, 11) is 0. The van der Waals surface area contributed by atoms with Crippen LogP contribution in [0.1, 0.15) is 44.0 Å². The number of aliphatic hydroxyl groups is 1. The molecule has 1 saturated carbocycles. The van der Waals surface area contributed by atoms with Gasteiger partial charge in [0.15, 0.2) is 5.65 Å². The van der Waals surface area contributed by atoms with Crippen LogP contribution in [-0.4, -0.2) is 54.5 Å². The fraction of sp³-hybridized carbons (Fsp3) is 0.429. The van der Waals surface area contributed by atoms with Crippen LogP contribution in [-0.2, 0) is 0 Å². The molecule has 1 atom stereocenters. The highest BCUT2D eigenvalue weighted by atomic mass is 35.5. The van der Waals surface area contributed by atoms with E-state index in [9.17, 15) is 14.3 Å². The summed E-state index contributed by atoms with van der Waals surface area (Å²) in [5, 5.41) is 20.5. The minimum absolute atomic E-state index is 0.103. The standard InChI is InChI=1S/C21H24ClFN6O2/c1-20(2,31)17(23)11-26-19(30)13-9-24-15(7-14(13)28-21(3)4-5-21)16-10-25-18-6-12(22)8-27-29(16)18/h6-10,17,31H,4-5,11H2,1-3H3,(H,24,28)(H,26,30). The summed E-state index contributed by atoms with van der Waals surface area (Å²) in [6.07, 6.45) is 4.96. The van der Waals surface area contributed by atoms with Gasteiger partial charge in [0, 0.05) is 17.8 Å². The summed E-state index contributed by atoms with van der Waals surface area (Å²) in [5.74, 6) is -0.472. The van der Waals surface area contributed by atoms with E-state index in [2.05, 4.69) is 32.6 Å². The van der Waals surface area contributed by atoms with Crippen molar-refractivity contribution in [1.29, 1.82) is 0 Å². The second kappa shape index (κ2) is 7.72. The summed E-state index contributed by atoms with van der Waals surface area (Å²) in [6.45, 7) is 4.48. The van der Waals surface area contributed by atoms with Gasteiger partial charge in [0.2, 0.25) is 0 Å². The second-order valence-corrected chi connectivity index (χ2v) is 9.16. The average Bonchev–Trinajstić information content (AvgIpc) is 3.28. The maximum Gasteiger partial charge on any atom is 0.255 e. The van der Waals surface area contributed by atoms with Crippen LogP contribution in [0.5, 0.6) is 0 Å². The molecular weight excluding hydrogens is 423 g/mol. The van der Waals surface area contributed by atoms with Crippen molar-refractivity contribution in [1.82, 2.24) is 24.9 Å². The highest BCUT2D eigenvalue weighted by Crippen LogP contribution is 2.39. The summed E-state index contributed by atoms with van der Waals surface area (Å²) < 4.78 is 15.7. The van der Waals surface area contributed by atoms with Crippen LogP contribution in [0, 0.1) is 0 Å². The molecule has 4 rings (SSSR count). The van der Waals surface area contributed by atoms with E-state index in [0.717, 1.165) is 12.8 Å². The number of fused-ring (bicyclic) bond motifs is 1. The van der Waals surface area contributed by atoms with Crippen LogP contribution in [0.4, 0.5) is 10.1 Å². The van der Waals surface area contributed by atoms with Crippen molar-refractivity contribution < 1.29 is 14.3 Å². The Hall–Kier alpha value is -2.78. The average molecular weight is 447 g/mol. The third-order valence-corrected chi connectivity index (χ3v) is 5.59. The highest BCUT2D eigenvalue weighted by Gasteiger charge is 2.38. The molecule has 1 fully saturated rings. The lowest BCUT2D eigenvalue weighted by atomic mass is 10.0. The summed E-state index contributed by atoms with van der Waals surface area (Å²) in [5.41, 5.74) is 1.04. The van der Waals surface area contributed by atoms with Gasteiger partial charge in [-0.1, -0.05) is 11.6 Å². The van der Waals surface area contributed by atoms with E-state index in [1.54, 1.807) is 22.8 Å². The first-order valence-electron chi connectivity index (χ1n) is 9.98. The first-order valence-corrected chi connectivity index (χ1v) is 10.4. The van der Waals surface area contributed by atoms with Crippen molar-refractivity contribution in [3.8, 4) is 11.4 Å². The Bertz CT molecular complexity index is 1140. The number of carbonyl (C=O) groups is 1. The second-order valence-electron chi connectivity index (χ2n) is 8.72. The lowest BCUT2D eigenvalue weighted by Crippen LogP contribution is -2.42. The summed E-state index contributed by atoms with van der Waals surface area (Å²) >= 11 is 5.99. The maximum absolute atomic E-state index is 14.1. The fourth-order valence-electron chi connectivity index (χ4n) is 3.07. The third kappa shape index (κ3) is 4.62. The molecule has 0 saturated heterocycles. The lowest BCUT2D eigenvalue weighted by Gasteiger charge is -2.23. The van der Waals surface area contributed by atoms with Gasteiger partial charge in [-0.2, -0.15) is 5.10 Å². The van der Waals surface area contributed by atoms with E-state index in [4.69, 9.17) is 11.6 Å². The Balaban J connectivity index is 1.65. The molecule has 0 aliphatic heterocycles. The van der Waals surface area contributed by atoms with Crippen LogP contribution in [0.15, 0.2) is 30.7 Å². The first kappa shape index (κ1) is 21.5. The molecule has 1 aliphatic carbocycles. The van der Waals surface area contributed by atoms with Crippen LogP contribution in [0.2, 0.25) is 5.02 Å². The van der Waals surface area contributed by atoms with Crippen molar-refractivity contribution in [2.75, 3.05) is 11.9 Å². The number of carbonyl (C=O) groups excluding carboxylic acids is 1. The molecule has 0 aromatic carbocycles. The molecule has 1 aliphatic rings. The van der Waals surface area contributed by atoms with Crippen molar-refractivity contribution >= 4 is 28.8 Å². The number of anilines is 1. The van der Waals surface area contributed by atoms with Crippen molar-refractivity contribution in [2.45, 2.75) is 50.9 Å². The van der Waals surface area contributed by atoms with Gasteiger partial charge in [0.25, 0.3) is 5.91 Å². The van der Waals surface area contributed by atoms with Gasteiger partial charge in [0.05, 0.1) is 46.5 Å². The molecule has 3 N–H and O–H groups in total. The van der Waals surface area contributed by atoms with E-state index in [1.165, 1.54) is 26.2 Å². The summed E-state index contributed by atoms with van der Waals surface area (Å²) in [4.78, 5) is 21.5. The lowest BCUT2D eigenvalue weighted by molar-refractivity contribution is -0.00177. The van der Waals surface area contributed by atoms with E-state index in [1.807, 2.05) is 0 Å². The van der Waals surface area contributed by atoms with Crippen LogP contribution < -0.4 is 10.6 Å². The molecule has 0 bridgehead atoms. The molecule has 31 heavy (non-hydrogen) atoms. The van der Waals surface area contributed by atoms with E-state index in [0.29, 0.717) is 33.3 Å². The van der Waals surface area contributed by atoms with Gasteiger partial charge in [-0.05, 0) is 39.7 Å². The quantitative estimate of drug-likeness (QED) is 0.514. The monoisotopic (exact) mass is 446 g/mol. The molecule has 1 amide bonds. The van der Waals surface area contributed by atoms with Crippen molar-refractivity contribution in [3.05, 3.63) is 41.3 Å². The van der Waals surface area contributed by atoms with E-state index >= 15 is 0 Å². The number of nitrogens with one attached hydrogen (secondary N) is 2. The molecule has 3 aromatic heterocycles. The molecule has 10 heteroatoms. The van der Waals surface area contributed by atoms with Crippen LogP contribution in [0.3, 0.4) is 0 Å². The van der Waals surface area contributed by atoms with Gasteiger partial charge >= 0.3 is 0 Å². The molecule has 0 radical (unpaired) electrons. The number of aromatic nitrogens is 4. The van der Waals surface area contributed by atoms with E-state index < -0.39 is 17.7 Å². The Morgan fingerprint density at radius 2 is 2.06 bits per heavy atom. The van der Waals surface area contributed by atoms with Crippen LogP contribution >= 0.6 is 11.6 Å². The molecular formula is C21H24ClFN6O2. The third-order valence-electron chi connectivity index (χ3n) is 5.38. The normalized spacial score (nSPS) is 16.2. The van der Waals surface area contributed by atoms with Gasteiger partial charge in [-0.3, -0.25) is 9.78 Å². The van der Waals surface area contributed by atoms with Crippen molar-refractivity contribution in [2.24, 2.45) is 0 Å². The minimum atomic E-state index is -1.60. The largest absolute Gasteiger partial charge is 0.387 e. The number of hydrogen-bond acceptors (Lipinski definition) is 6. The zero-order valence-corrected chi connectivity index (χ0v) is 18.2. The number of hydrogen-bond donors (Lipinski definition) is 3. The fourth-order valence-corrected chi connectivity index (χ4v) is 3.21. The predicted octanol–water partition coefficient (Wildman–Crippen LogP) is 3.25. The summed E-state index contributed by atoms with van der Waals surface area (Å²) in [6, 6.07) is 3.46. The Morgan fingerprint density at radius 3 is 2.74 bits per heavy atom. The Labute approximate surface area is 183 Å². The number of halogens is 2. The van der Waals surface area contributed by atoms with Crippen LogP contribution in [0.25, 0.3) is 17.0 Å². The number of imidazole rings is 1. The number of nitrogens with zero attached hydrogens (tertiary/aromatic N) is 4. The molecule has 8 nitrogen and oxygen atoms in total. The molecule has 3 heterocycles. The minimum Gasteiger partial charge on any atom is -0.387 e. The number of amides is 1. The van der Waals surface area contributed by atoms with Gasteiger partial charge in [-0.15, -0.1) is 0 Å². The van der Waals surface area contributed by atoms with Gasteiger partial charge in [0.1, 0.15) is 11.9 Å². The SMILES string of the molecule is CC1(Nc2cc(-c3cnc4cc(Cl)cnn34)ncc2C(=O)NCC(F)C(C)(C)O)CC1. The van der Waals surface area contributed by atoms with Gasteiger partial charge < -0.3 is 15.7 Å². The zero-order valence-electron chi connectivity index (χ0n) is 17.5. The number of rotatable bonds is 7. The predicted molar refractivity (Wildman–Crippen MR) is 116 cm³/mol. The zero-order chi connectivity index (χ0) is 22.4. The van der Waals surface area contributed by atoms with E-state index in [-0.39, 0.29) is 12.1 Å². The highest BCUT2D eigenvalue weighted by molar-refractivity contribution is 6.30. The Kier molecular flexibility index (Phi) is 5.35. The maximum atomic E-state index is 14.1. The molecule has 3 aromatic rings. The smallest absolute Gasteiger partial charge is 0.255 e. The Morgan fingerprint density at radius 1 is 1.32 bits per heavy atom. The molecule has 1 unspecified atom stereocenters. The molecule has 0 spiro atoms. The van der Waals surface area contributed by atoms with Crippen molar-refractivity contribution in [3.63, 3.8) is 0 Å². The first-order chi connectivity index (χ1) is 14.6. The number of alkyl halides is 1. The number of pyridine rings is 1. The topological polar surface area (TPSA) is 104 Å².